The summed E-state index contributed by atoms with van der Waals surface area (Å²) in [5, 5.41) is 12.6. The number of carboxylic acid groups (broad SMARTS) is 1. The molecular formula is C9H12N4O2. The van der Waals surface area contributed by atoms with Gasteiger partial charge in [-0.1, -0.05) is 12.2 Å². The zero-order valence-corrected chi connectivity index (χ0v) is 8.13. The number of hydrogen-bond donors (Lipinski definition) is 2. The van der Waals surface area contributed by atoms with E-state index in [-0.39, 0.29) is 6.54 Å². The highest BCUT2D eigenvalue weighted by atomic mass is 16.4. The molecule has 0 saturated carbocycles. The lowest BCUT2D eigenvalue weighted by Crippen LogP contribution is -2.24. The zero-order chi connectivity index (χ0) is 10.8. The second kappa shape index (κ2) is 3.64. The number of anilines is 2. The number of aliphatic carboxylic acids is 1. The molecule has 0 aromatic carbocycles. The molecule has 0 fully saturated rings. The minimum absolute atomic E-state index is 0.164. The fraction of sp³-hybridized carbons (Fsp3) is 0.333. The fourth-order valence-corrected chi connectivity index (χ4v) is 1.63. The van der Waals surface area contributed by atoms with Gasteiger partial charge in [-0.05, 0) is 0 Å². The van der Waals surface area contributed by atoms with Gasteiger partial charge in [0, 0.05) is 13.1 Å². The Bertz CT molecular complexity index is 402. The molecule has 1 aromatic heterocycles. The van der Waals surface area contributed by atoms with Crippen molar-refractivity contribution in [2.24, 2.45) is 0 Å². The maximum Gasteiger partial charge on any atom is 0.325 e. The molecule has 3 N–H and O–H groups in total. The molecule has 0 spiro atoms. The summed E-state index contributed by atoms with van der Waals surface area (Å²) in [6.45, 7) is 1.33. The van der Waals surface area contributed by atoms with Crippen molar-refractivity contribution in [3.63, 3.8) is 0 Å². The van der Waals surface area contributed by atoms with E-state index in [0.29, 0.717) is 11.5 Å². The summed E-state index contributed by atoms with van der Waals surface area (Å²) < 4.78 is 1.41. The van der Waals surface area contributed by atoms with Gasteiger partial charge in [0.15, 0.2) is 5.82 Å². The molecule has 80 valence electrons. The molecule has 1 aromatic rings. The molecule has 0 aliphatic carbocycles. The van der Waals surface area contributed by atoms with Crippen LogP contribution in [-0.2, 0) is 11.3 Å². The molecule has 2 heterocycles. The highest BCUT2D eigenvalue weighted by Crippen LogP contribution is 2.24. The van der Waals surface area contributed by atoms with Crippen LogP contribution in [0.1, 0.15) is 0 Å². The summed E-state index contributed by atoms with van der Waals surface area (Å²) in [6, 6.07) is 0. The van der Waals surface area contributed by atoms with Crippen molar-refractivity contribution < 1.29 is 9.90 Å². The van der Waals surface area contributed by atoms with Gasteiger partial charge in [-0.25, -0.2) is 4.68 Å². The van der Waals surface area contributed by atoms with E-state index in [4.69, 9.17) is 10.8 Å². The second-order valence-electron chi connectivity index (χ2n) is 3.35. The van der Waals surface area contributed by atoms with E-state index in [0.717, 1.165) is 13.1 Å². The van der Waals surface area contributed by atoms with Gasteiger partial charge in [0.25, 0.3) is 0 Å². The molecule has 6 heteroatoms. The maximum atomic E-state index is 10.6. The predicted octanol–water partition coefficient (Wildman–Crippen LogP) is -0.0739. The van der Waals surface area contributed by atoms with Crippen LogP contribution in [0.15, 0.2) is 18.3 Å². The normalized spacial score (nSPS) is 14.8. The van der Waals surface area contributed by atoms with E-state index in [1.807, 2.05) is 17.1 Å². The lowest BCUT2D eigenvalue weighted by molar-refractivity contribution is -0.137. The smallest absolute Gasteiger partial charge is 0.325 e. The number of nitrogens with two attached hydrogens (primary N) is 1. The van der Waals surface area contributed by atoms with E-state index in [9.17, 15) is 4.79 Å². The molecule has 2 rings (SSSR count). The van der Waals surface area contributed by atoms with Gasteiger partial charge in [0.05, 0.1) is 11.9 Å². The number of nitrogen functional groups attached to an aromatic ring is 1. The Hall–Kier alpha value is -1.98. The average molecular weight is 208 g/mol. The first-order valence-electron chi connectivity index (χ1n) is 4.61. The minimum Gasteiger partial charge on any atom is -0.480 e. The Balaban J connectivity index is 2.27. The number of carbonyl (C=O) groups is 1. The molecule has 0 atom stereocenters. The predicted molar refractivity (Wildman–Crippen MR) is 55.6 cm³/mol. The van der Waals surface area contributed by atoms with Crippen molar-refractivity contribution in [2.45, 2.75) is 6.54 Å². The highest BCUT2D eigenvalue weighted by Gasteiger charge is 2.18. The summed E-state index contributed by atoms with van der Waals surface area (Å²) in [5.74, 6) is -0.242. The molecule has 6 nitrogen and oxygen atoms in total. The summed E-state index contributed by atoms with van der Waals surface area (Å²) >= 11 is 0. The van der Waals surface area contributed by atoms with E-state index in [1.165, 1.54) is 10.9 Å². The number of hydrogen-bond acceptors (Lipinski definition) is 4. The zero-order valence-electron chi connectivity index (χ0n) is 8.13. The Morgan fingerprint density at radius 3 is 2.80 bits per heavy atom. The van der Waals surface area contributed by atoms with E-state index >= 15 is 0 Å². The van der Waals surface area contributed by atoms with E-state index < -0.39 is 5.97 Å². The number of rotatable bonds is 3. The van der Waals surface area contributed by atoms with Crippen LogP contribution in [0.3, 0.4) is 0 Å². The minimum atomic E-state index is -0.925. The Morgan fingerprint density at radius 1 is 1.53 bits per heavy atom. The third kappa shape index (κ3) is 1.78. The first-order valence-corrected chi connectivity index (χ1v) is 4.61. The van der Waals surface area contributed by atoms with Gasteiger partial charge in [0.2, 0.25) is 0 Å². The standard InChI is InChI=1S/C9H12N4O2/c10-7-5-11-13(6-8(14)15)9(7)12-3-1-2-4-12/h1-2,5H,3-4,6,10H2,(H,14,15). The van der Waals surface area contributed by atoms with Gasteiger partial charge < -0.3 is 15.7 Å². The van der Waals surface area contributed by atoms with Crippen molar-refractivity contribution in [1.82, 2.24) is 9.78 Å². The molecule has 0 saturated heterocycles. The molecule has 0 bridgehead atoms. The molecule has 0 radical (unpaired) electrons. The van der Waals surface area contributed by atoms with E-state index in [1.54, 1.807) is 0 Å². The third-order valence-electron chi connectivity index (χ3n) is 2.24. The van der Waals surface area contributed by atoms with Crippen molar-refractivity contribution in [1.29, 1.82) is 0 Å². The summed E-state index contributed by atoms with van der Waals surface area (Å²) in [5.41, 5.74) is 6.27. The number of aromatic nitrogens is 2. The quantitative estimate of drug-likeness (QED) is 0.679. The number of nitrogens with zero attached hydrogens (tertiary/aromatic N) is 3. The first kappa shape index (κ1) is 9.57. The van der Waals surface area contributed by atoms with Crippen molar-refractivity contribution in [3.05, 3.63) is 18.3 Å². The summed E-state index contributed by atoms with van der Waals surface area (Å²) in [4.78, 5) is 12.6. The van der Waals surface area contributed by atoms with Crippen LogP contribution in [0.25, 0.3) is 0 Å². The molecule has 0 unspecified atom stereocenters. The van der Waals surface area contributed by atoms with E-state index in [2.05, 4.69) is 5.10 Å². The van der Waals surface area contributed by atoms with Gasteiger partial charge >= 0.3 is 5.97 Å². The second-order valence-corrected chi connectivity index (χ2v) is 3.35. The Labute approximate surface area is 86.6 Å². The monoisotopic (exact) mass is 208 g/mol. The van der Waals surface area contributed by atoms with Crippen molar-refractivity contribution >= 4 is 17.5 Å². The molecule has 0 amide bonds. The third-order valence-corrected chi connectivity index (χ3v) is 2.24. The fourth-order valence-electron chi connectivity index (χ4n) is 1.63. The number of carboxylic acids is 1. The van der Waals surface area contributed by atoms with Crippen LogP contribution in [0.5, 0.6) is 0 Å². The molecule has 1 aliphatic rings. The maximum absolute atomic E-state index is 10.6. The van der Waals surface area contributed by atoms with Gasteiger partial charge in [0.1, 0.15) is 6.54 Å². The molecule has 15 heavy (non-hydrogen) atoms. The summed E-state index contributed by atoms with van der Waals surface area (Å²) in [7, 11) is 0. The highest BCUT2D eigenvalue weighted by molar-refractivity contribution is 5.70. The van der Waals surface area contributed by atoms with Crippen molar-refractivity contribution in [3.8, 4) is 0 Å². The topological polar surface area (TPSA) is 84.4 Å². The van der Waals surface area contributed by atoms with Crippen LogP contribution < -0.4 is 10.6 Å². The van der Waals surface area contributed by atoms with Gasteiger partial charge in [-0.3, -0.25) is 4.79 Å². The summed E-state index contributed by atoms with van der Waals surface area (Å²) in [6.07, 6.45) is 5.51. The molecular weight excluding hydrogens is 196 g/mol. The Kier molecular flexibility index (Phi) is 2.32. The van der Waals surface area contributed by atoms with Crippen LogP contribution in [0, 0.1) is 0 Å². The van der Waals surface area contributed by atoms with Crippen LogP contribution >= 0.6 is 0 Å². The van der Waals surface area contributed by atoms with Crippen LogP contribution in [0.4, 0.5) is 11.5 Å². The van der Waals surface area contributed by atoms with Crippen molar-refractivity contribution in [2.75, 3.05) is 23.7 Å². The van der Waals surface area contributed by atoms with Gasteiger partial charge in [-0.15, -0.1) is 0 Å². The lowest BCUT2D eigenvalue weighted by Gasteiger charge is -2.19. The Morgan fingerprint density at radius 2 is 2.20 bits per heavy atom. The first-order chi connectivity index (χ1) is 7.18. The average Bonchev–Trinajstić information content (AvgIpc) is 2.74. The molecule has 1 aliphatic heterocycles. The van der Waals surface area contributed by atoms with Gasteiger partial charge in [-0.2, -0.15) is 5.10 Å². The van der Waals surface area contributed by atoms with Crippen LogP contribution in [-0.4, -0.2) is 33.9 Å². The SMILES string of the molecule is Nc1cnn(CC(=O)O)c1N1CC=CC1. The largest absolute Gasteiger partial charge is 0.480 e. The lowest BCUT2D eigenvalue weighted by atomic mass is 10.4. The van der Waals surface area contributed by atoms with Crippen LogP contribution in [0.2, 0.25) is 0 Å².